The SMILES string of the molecule is CCN1CCc2ccc(NC(=O)COc3ccccc3C)cc21. The minimum Gasteiger partial charge on any atom is -0.483 e. The maximum Gasteiger partial charge on any atom is 0.262 e. The van der Waals surface area contributed by atoms with Crippen LogP contribution in [0, 0.1) is 6.92 Å². The number of ether oxygens (including phenoxy) is 1. The predicted molar refractivity (Wildman–Crippen MR) is 93.3 cm³/mol. The van der Waals surface area contributed by atoms with Gasteiger partial charge >= 0.3 is 0 Å². The van der Waals surface area contributed by atoms with Crippen LogP contribution in [-0.2, 0) is 11.2 Å². The van der Waals surface area contributed by atoms with Gasteiger partial charge in [-0.3, -0.25) is 4.79 Å². The molecule has 2 aromatic rings. The number of hydrogen-bond donors (Lipinski definition) is 1. The zero-order valence-electron chi connectivity index (χ0n) is 13.6. The number of likely N-dealkylation sites (N-methyl/N-ethyl adjacent to an activating group) is 1. The second-order valence-corrected chi connectivity index (χ2v) is 5.78. The molecule has 4 nitrogen and oxygen atoms in total. The first-order chi connectivity index (χ1) is 11.2. The molecule has 1 heterocycles. The molecule has 1 aliphatic rings. The van der Waals surface area contributed by atoms with E-state index in [1.54, 1.807) is 0 Å². The Kier molecular flexibility index (Phi) is 4.51. The highest BCUT2D eigenvalue weighted by atomic mass is 16.5. The lowest BCUT2D eigenvalue weighted by atomic mass is 10.1. The van der Waals surface area contributed by atoms with Gasteiger partial charge in [0, 0.05) is 24.5 Å². The molecule has 1 amide bonds. The van der Waals surface area contributed by atoms with Gasteiger partial charge in [0.15, 0.2) is 6.61 Å². The molecule has 0 bridgehead atoms. The predicted octanol–water partition coefficient (Wildman–Crippen LogP) is 3.39. The summed E-state index contributed by atoms with van der Waals surface area (Å²) in [5, 5.41) is 2.92. The molecule has 0 fully saturated rings. The van der Waals surface area contributed by atoms with E-state index in [0.29, 0.717) is 0 Å². The van der Waals surface area contributed by atoms with Gasteiger partial charge in [-0.1, -0.05) is 24.3 Å². The Morgan fingerprint density at radius 3 is 2.87 bits per heavy atom. The van der Waals surface area contributed by atoms with Crippen molar-refractivity contribution in [1.82, 2.24) is 0 Å². The Morgan fingerprint density at radius 2 is 2.09 bits per heavy atom. The standard InChI is InChI=1S/C19H22N2O2/c1-3-21-11-10-15-8-9-16(12-17(15)21)20-19(22)13-23-18-7-5-4-6-14(18)2/h4-9,12H,3,10-11,13H2,1-2H3,(H,20,22). The van der Waals surface area contributed by atoms with Gasteiger partial charge < -0.3 is 15.0 Å². The third-order valence-electron chi connectivity index (χ3n) is 4.19. The fourth-order valence-electron chi connectivity index (χ4n) is 2.91. The molecule has 3 rings (SSSR count). The van der Waals surface area contributed by atoms with E-state index < -0.39 is 0 Å². The first kappa shape index (κ1) is 15.4. The summed E-state index contributed by atoms with van der Waals surface area (Å²) in [6.07, 6.45) is 1.08. The monoisotopic (exact) mass is 310 g/mol. The molecule has 0 saturated heterocycles. The average molecular weight is 310 g/mol. The van der Waals surface area contributed by atoms with Crippen LogP contribution in [0.3, 0.4) is 0 Å². The molecule has 0 atom stereocenters. The van der Waals surface area contributed by atoms with E-state index in [0.717, 1.165) is 36.5 Å². The van der Waals surface area contributed by atoms with Gasteiger partial charge in [-0.2, -0.15) is 0 Å². The van der Waals surface area contributed by atoms with Crippen LogP contribution in [0.5, 0.6) is 5.75 Å². The Bertz CT molecular complexity index is 712. The van der Waals surface area contributed by atoms with Crippen molar-refractivity contribution in [3.8, 4) is 5.75 Å². The largest absolute Gasteiger partial charge is 0.483 e. The third kappa shape index (κ3) is 3.47. The second kappa shape index (κ2) is 6.73. The van der Waals surface area contributed by atoms with Gasteiger partial charge in [0.05, 0.1) is 0 Å². The van der Waals surface area contributed by atoms with Gasteiger partial charge in [0.25, 0.3) is 5.91 Å². The molecule has 0 aromatic heterocycles. The van der Waals surface area contributed by atoms with Crippen LogP contribution in [0.4, 0.5) is 11.4 Å². The minimum atomic E-state index is -0.144. The van der Waals surface area contributed by atoms with E-state index in [1.807, 2.05) is 37.3 Å². The molecule has 0 aliphatic carbocycles. The Balaban J connectivity index is 1.61. The normalized spacial score (nSPS) is 12.9. The summed E-state index contributed by atoms with van der Waals surface area (Å²) < 4.78 is 5.58. The van der Waals surface area contributed by atoms with Crippen LogP contribution in [0.15, 0.2) is 42.5 Å². The fourth-order valence-corrected chi connectivity index (χ4v) is 2.91. The molecular weight excluding hydrogens is 288 g/mol. The number of carbonyl (C=O) groups excluding carboxylic acids is 1. The summed E-state index contributed by atoms with van der Waals surface area (Å²) in [4.78, 5) is 14.4. The highest BCUT2D eigenvalue weighted by Crippen LogP contribution is 2.30. The molecule has 4 heteroatoms. The Morgan fingerprint density at radius 1 is 1.26 bits per heavy atom. The minimum absolute atomic E-state index is 0.0133. The van der Waals surface area contributed by atoms with Crippen LogP contribution in [0.1, 0.15) is 18.1 Å². The molecule has 1 N–H and O–H groups in total. The first-order valence-corrected chi connectivity index (χ1v) is 8.03. The summed E-state index contributed by atoms with van der Waals surface area (Å²) >= 11 is 0. The summed E-state index contributed by atoms with van der Waals surface area (Å²) in [5.74, 6) is 0.600. The van der Waals surface area contributed by atoms with Crippen LogP contribution < -0.4 is 15.0 Å². The van der Waals surface area contributed by atoms with Crippen molar-refractivity contribution in [2.45, 2.75) is 20.3 Å². The maximum atomic E-state index is 12.1. The third-order valence-corrected chi connectivity index (χ3v) is 4.19. The fraction of sp³-hybridized carbons (Fsp3) is 0.316. The molecule has 2 aromatic carbocycles. The van der Waals surface area contributed by atoms with Crippen LogP contribution in [0.2, 0.25) is 0 Å². The smallest absolute Gasteiger partial charge is 0.262 e. The van der Waals surface area contributed by atoms with Gasteiger partial charge in [0.1, 0.15) is 5.75 Å². The molecule has 1 aliphatic heterocycles. The highest BCUT2D eigenvalue weighted by molar-refractivity contribution is 5.92. The lowest BCUT2D eigenvalue weighted by Gasteiger charge is -2.17. The summed E-state index contributed by atoms with van der Waals surface area (Å²) in [5.41, 5.74) is 4.42. The number of nitrogens with one attached hydrogen (secondary N) is 1. The Labute approximate surface area is 137 Å². The number of hydrogen-bond acceptors (Lipinski definition) is 3. The number of para-hydroxylation sites is 1. The quantitative estimate of drug-likeness (QED) is 0.920. The number of amides is 1. The summed E-state index contributed by atoms with van der Waals surface area (Å²) in [7, 11) is 0. The van der Waals surface area contributed by atoms with E-state index >= 15 is 0 Å². The van der Waals surface area contributed by atoms with E-state index in [4.69, 9.17) is 4.74 Å². The van der Waals surface area contributed by atoms with Crippen molar-refractivity contribution in [3.63, 3.8) is 0 Å². The van der Waals surface area contributed by atoms with Gasteiger partial charge in [-0.05, 0) is 49.6 Å². The molecule has 0 saturated carbocycles. The van der Waals surface area contributed by atoms with E-state index in [2.05, 4.69) is 29.3 Å². The van der Waals surface area contributed by atoms with Crippen molar-refractivity contribution in [3.05, 3.63) is 53.6 Å². The number of benzene rings is 2. The number of rotatable bonds is 5. The first-order valence-electron chi connectivity index (χ1n) is 8.03. The molecule has 0 radical (unpaired) electrons. The molecule has 0 spiro atoms. The average Bonchev–Trinajstić information content (AvgIpc) is 2.96. The summed E-state index contributed by atoms with van der Waals surface area (Å²) in [6, 6.07) is 13.8. The zero-order valence-corrected chi connectivity index (χ0v) is 13.6. The van der Waals surface area contributed by atoms with Crippen molar-refractivity contribution in [2.75, 3.05) is 29.9 Å². The van der Waals surface area contributed by atoms with Crippen molar-refractivity contribution in [1.29, 1.82) is 0 Å². The van der Waals surface area contributed by atoms with Crippen LogP contribution >= 0.6 is 0 Å². The number of carbonyl (C=O) groups is 1. The number of aryl methyl sites for hydroxylation is 1. The van der Waals surface area contributed by atoms with Gasteiger partial charge in [-0.15, -0.1) is 0 Å². The molecule has 23 heavy (non-hydrogen) atoms. The topological polar surface area (TPSA) is 41.6 Å². The van der Waals surface area contributed by atoms with Crippen molar-refractivity contribution >= 4 is 17.3 Å². The highest BCUT2D eigenvalue weighted by Gasteiger charge is 2.18. The van der Waals surface area contributed by atoms with Crippen LogP contribution in [-0.4, -0.2) is 25.6 Å². The number of nitrogens with zero attached hydrogens (tertiary/aromatic N) is 1. The number of fused-ring (bicyclic) bond motifs is 1. The van der Waals surface area contributed by atoms with Gasteiger partial charge in [0.2, 0.25) is 0 Å². The second-order valence-electron chi connectivity index (χ2n) is 5.78. The lowest BCUT2D eigenvalue weighted by molar-refractivity contribution is -0.118. The molecule has 0 unspecified atom stereocenters. The zero-order chi connectivity index (χ0) is 16.2. The molecular formula is C19H22N2O2. The van der Waals surface area contributed by atoms with E-state index in [9.17, 15) is 4.79 Å². The summed E-state index contributed by atoms with van der Waals surface area (Å²) in [6.45, 7) is 6.17. The van der Waals surface area contributed by atoms with Gasteiger partial charge in [-0.25, -0.2) is 0 Å². The van der Waals surface area contributed by atoms with E-state index in [1.165, 1.54) is 11.3 Å². The lowest BCUT2D eigenvalue weighted by Crippen LogP contribution is -2.21. The van der Waals surface area contributed by atoms with Crippen molar-refractivity contribution < 1.29 is 9.53 Å². The van der Waals surface area contributed by atoms with Crippen LogP contribution in [0.25, 0.3) is 0 Å². The van der Waals surface area contributed by atoms with E-state index in [-0.39, 0.29) is 12.5 Å². The number of anilines is 2. The van der Waals surface area contributed by atoms with Crippen molar-refractivity contribution in [2.24, 2.45) is 0 Å². The Hall–Kier alpha value is -2.49. The maximum absolute atomic E-state index is 12.1. The molecule has 120 valence electrons.